The summed E-state index contributed by atoms with van der Waals surface area (Å²) in [6.07, 6.45) is 43.5. The molecule has 0 bridgehead atoms. The molecule has 0 aromatic rings. The second-order valence-corrected chi connectivity index (χ2v) is 22.1. The summed E-state index contributed by atoms with van der Waals surface area (Å²) in [6, 6.07) is 0.592. The number of unbranched alkanes of at least 4 members (excludes halogenated alkanes) is 26. The molecular formula is C62H118N2O9. The maximum absolute atomic E-state index is 12.7. The topological polar surface area (TPSA) is 132 Å². The highest BCUT2D eigenvalue weighted by Crippen LogP contribution is 2.26. The second-order valence-electron chi connectivity index (χ2n) is 22.1. The smallest absolute Gasteiger partial charge is 0.305 e. The van der Waals surface area contributed by atoms with Crippen LogP contribution in [-0.2, 0) is 38.1 Å². The fourth-order valence-corrected chi connectivity index (χ4v) is 9.96. The largest absolute Gasteiger partial charge is 0.465 e. The van der Waals surface area contributed by atoms with Crippen LogP contribution in [0, 0.1) is 11.8 Å². The van der Waals surface area contributed by atoms with Crippen LogP contribution in [0.2, 0.25) is 0 Å². The van der Waals surface area contributed by atoms with Crippen molar-refractivity contribution in [2.45, 2.75) is 297 Å². The molecule has 0 radical (unpaired) electrons. The predicted molar refractivity (Wildman–Crippen MR) is 302 cm³/mol. The fraction of sp³-hybridized carbons (Fsp3) is 0.935. The van der Waals surface area contributed by atoms with Gasteiger partial charge in [-0.05, 0) is 77.3 Å². The lowest BCUT2D eigenvalue weighted by Gasteiger charge is -2.39. The Kier molecular flexibility index (Phi) is 48.8. The van der Waals surface area contributed by atoms with E-state index in [1.165, 1.54) is 135 Å². The Labute approximate surface area is 449 Å². The van der Waals surface area contributed by atoms with Crippen molar-refractivity contribution in [1.29, 1.82) is 0 Å². The molecule has 0 amide bonds. The van der Waals surface area contributed by atoms with Gasteiger partial charge in [-0.15, -0.1) is 0 Å². The van der Waals surface area contributed by atoms with Gasteiger partial charge >= 0.3 is 23.9 Å². The van der Waals surface area contributed by atoms with E-state index in [2.05, 4.69) is 37.5 Å². The van der Waals surface area contributed by atoms with E-state index in [9.17, 15) is 24.3 Å². The lowest BCUT2D eigenvalue weighted by atomic mass is 9.91. The molecule has 0 spiro atoms. The van der Waals surface area contributed by atoms with Crippen LogP contribution in [0.1, 0.15) is 291 Å². The summed E-state index contributed by atoms with van der Waals surface area (Å²) < 4.78 is 23.2. The van der Waals surface area contributed by atoms with Crippen LogP contribution in [0.3, 0.4) is 0 Å². The molecule has 0 saturated heterocycles. The minimum Gasteiger partial charge on any atom is -0.465 e. The van der Waals surface area contributed by atoms with E-state index in [1.54, 1.807) is 0 Å². The third-order valence-electron chi connectivity index (χ3n) is 15.2. The number of esters is 4. The maximum atomic E-state index is 12.7. The Hall–Kier alpha value is -2.24. The first kappa shape index (κ1) is 68.8. The van der Waals surface area contributed by atoms with Crippen molar-refractivity contribution in [2.24, 2.45) is 11.8 Å². The van der Waals surface area contributed by atoms with Gasteiger partial charge in [0.05, 0.1) is 33.0 Å². The number of nitrogens with zero attached hydrogens (tertiary/aromatic N) is 2. The zero-order valence-corrected chi connectivity index (χ0v) is 48.4. The van der Waals surface area contributed by atoms with Crippen LogP contribution in [0.25, 0.3) is 0 Å². The molecule has 1 aliphatic rings. The third kappa shape index (κ3) is 43.5. The normalized spacial score (nSPS) is 12.8. The van der Waals surface area contributed by atoms with Gasteiger partial charge in [-0.2, -0.15) is 0 Å². The molecule has 11 heteroatoms. The molecule has 0 aromatic heterocycles. The summed E-state index contributed by atoms with van der Waals surface area (Å²) in [4.78, 5) is 56.0. The number of hydrogen-bond acceptors (Lipinski definition) is 11. The SMILES string of the molecule is CCCCCCCCCC(=O)OCC(CCCCN(CCO)CCN(CCCCC(COC(=O)CCCCCCCCC)COC(=O)CCCCCCCCC)C1CCC1)COC(=O)CCCCCCCCC. The highest BCUT2D eigenvalue weighted by molar-refractivity contribution is 5.70. The van der Waals surface area contributed by atoms with Gasteiger partial charge in [-0.1, -0.05) is 201 Å². The highest BCUT2D eigenvalue weighted by atomic mass is 16.6. The monoisotopic (exact) mass is 1030 g/mol. The lowest BCUT2D eigenvalue weighted by Crippen LogP contribution is -2.45. The van der Waals surface area contributed by atoms with Crippen LogP contribution in [0.15, 0.2) is 0 Å². The zero-order chi connectivity index (χ0) is 53.1. The second kappa shape index (κ2) is 51.8. The Morgan fingerprint density at radius 3 is 1.00 bits per heavy atom. The average Bonchev–Trinajstić information content (AvgIpc) is 3.37. The molecule has 430 valence electrons. The number of hydrogen-bond donors (Lipinski definition) is 1. The fourth-order valence-electron chi connectivity index (χ4n) is 9.96. The Morgan fingerprint density at radius 1 is 0.384 bits per heavy atom. The number of aliphatic hydroxyl groups excluding tert-OH is 1. The van der Waals surface area contributed by atoms with Crippen LogP contribution < -0.4 is 0 Å². The van der Waals surface area contributed by atoms with E-state index in [0.29, 0.717) is 51.5 Å². The minimum atomic E-state index is -0.150. The molecule has 0 aliphatic heterocycles. The van der Waals surface area contributed by atoms with E-state index in [1.807, 2.05) is 0 Å². The van der Waals surface area contributed by atoms with Gasteiger partial charge in [0.25, 0.3) is 0 Å². The Bertz CT molecular complexity index is 1200. The maximum Gasteiger partial charge on any atom is 0.305 e. The average molecular weight is 1040 g/mol. The molecule has 1 fully saturated rings. The molecule has 0 aromatic carbocycles. The number of carbonyl (C=O) groups excluding carboxylic acids is 4. The van der Waals surface area contributed by atoms with Crippen LogP contribution in [0.4, 0.5) is 0 Å². The first-order valence-corrected chi connectivity index (χ1v) is 31.5. The Morgan fingerprint density at radius 2 is 0.699 bits per heavy atom. The van der Waals surface area contributed by atoms with Crippen LogP contribution >= 0.6 is 0 Å². The van der Waals surface area contributed by atoms with Crippen LogP contribution in [0.5, 0.6) is 0 Å². The summed E-state index contributed by atoms with van der Waals surface area (Å²) >= 11 is 0. The van der Waals surface area contributed by atoms with E-state index < -0.39 is 0 Å². The van der Waals surface area contributed by atoms with Gasteiger partial charge in [-0.25, -0.2) is 0 Å². The number of aliphatic hydroxyl groups is 1. The number of ether oxygens (including phenoxy) is 4. The van der Waals surface area contributed by atoms with Crippen molar-refractivity contribution in [2.75, 3.05) is 65.8 Å². The van der Waals surface area contributed by atoms with E-state index >= 15 is 0 Å². The quantitative estimate of drug-likeness (QED) is 0.0355. The van der Waals surface area contributed by atoms with Crippen molar-refractivity contribution in [3.63, 3.8) is 0 Å². The molecular weight excluding hydrogens is 917 g/mol. The standard InChI is InChI=1S/C62H118N2O9/c1-5-9-13-17-21-25-29-42-59(66)70-52-56(53-71-60(67)43-30-26-22-18-14-10-6-2)38-33-35-46-63(50-51-65)48-49-64(58-40-37-41-58)47-36-34-39-57(54-72-61(68)44-31-27-23-19-15-11-7-3)55-73-62(69)45-32-28-24-20-16-12-8-4/h56-58,65H,5-55H2,1-4H3. The van der Waals surface area contributed by atoms with Crippen molar-refractivity contribution < 1.29 is 43.2 Å². The lowest BCUT2D eigenvalue weighted by molar-refractivity contribution is -0.151. The van der Waals surface area contributed by atoms with Gasteiger partial charge in [-0.3, -0.25) is 29.0 Å². The van der Waals surface area contributed by atoms with Gasteiger partial charge < -0.3 is 24.1 Å². The van der Waals surface area contributed by atoms with Gasteiger partial charge in [0, 0.05) is 63.2 Å². The van der Waals surface area contributed by atoms with Gasteiger partial charge in [0.2, 0.25) is 0 Å². The molecule has 1 saturated carbocycles. The summed E-state index contributed by atoms with van der Waals surface area (Å²) in [7, 11) is 0. The summed E-state index contributed by atoms with van der Waals surface area (Å²) in [6.45, 7) is 14.5. The third-order valence-corrected chi connectivity index (χ3v) is 15.2. The predicted octanol–water partition coefficient (Wildman–Crippen LogP) is 15.4. The van der Waals surface area contributed by atoms with Gasteiger partial charge in [0.1, 0.15) is 0 Å². The Balaban J connectivity index is 2.70. The zero-order valence-electron chi connectivity index (χ0n) is 48.4. The van der Waals surface area contributed by atoms with E-state index in [4.69, 9.17) is 18.9 Å². The van der Waals surface area contributed by atoms with Gasteiger partial charge in [0.15, 0.2) is 0 Å². The van der Waals surface area contributed by atoms with E-state index in [-0.39, 0.29) is 55.5 Å². The number of carbonyl (C=O) groups is 4. The first-order chi connectivity index (χ1) is 35.8. The molecule has 11 nitrogen and oxygen atoms in total. The summed E-state index contributed by atoms with van der Waals surface area (Å²) in [5, 5.41) is 10.1. The molecule has 0 heterocycles. The number of rotatable bonds is 56. The minimum absolute atomic E-state index is 0.00306. The van der Waals surface area contributed by atoms with Crippen molar-refractivity contribution >= 4 is 23.9 Å². The van der Waals surface area contributed by atoms with Crippen LogP contribution in [-0.4, -0.2) is 111 Å². The molecule has 1 rings (SSSR count). The summed E-state index contributed by atoms with van der Waals surface area (Å²) in [5.41, 5.74) is 0. The van der Waals surface area contributed by atoms with Crippen molar-refractivity contribution in [3.8, 4) is 0 Å². The summed E-state index contributed by atoms with van der Waals surface area (Å²) in [5.74, 6) is -0.607. The molecule has 1 N–H and O–H groups in total. The first-order valence-electron chi connectivity index (χ1n) is 31.5. The van der Waals surface area contributed by atoms with Crippen molar-refractivity contribution in [1.82, 2.24) is 9.80 Å². The molecule has 73 heavy (non-hydrogen) atoms. The molecule has 1 aliphatic carbocycles. The molecule has 0 atom stereocenters. The van der Waals surface area contributed by atoms with Crippen molar-refractivity contribution in [3.05, 3.63) is 0 Å². The molecule has 0 unspecified atom stereocenters. The highest BCUT2D eigenvalue weighted by Gasteiger charge is 2.25. The van der Waals surface area contributed by atoms with E-state index in [0.717, 1.165) is 129 Å².